The fourth-order valence-electron chi connectivity index (χ4n) is 2.47. The number of rotatable bonds is 10. The van der Waals surface area contributed by atoms with Crippen molar-refractivity contribution in [3.05, 3.63) is 23.8 Å². The number of amides is 1. The molecule has 1 aromatic rings. The van der Waals surface area contributed by atoms with E-state index >= 15 is 0 Å². The van der Waals surface area contributed by atoms with Crippen LogP contribution < -0.4 is 15.8 Å². The molecule has 0 saturated heterocycles. The van der Waals surface area contributed by atoms with E-state index in [1.807, 2.05) is 32.9 Å². The van der Waals surface area contributed by atoms with Gasteiger partial charge < -0.3 is 15.8 Å². The minimum atomic E-state index is 0.0544. The molecule has 4 nitrogen and oxygen atoms in total. The maximum Gasteiger partial charge on any atom is 0.227 e. The molecule has 1 rings (SSSR count). The van der Waals surface area contributed by atoms with Gasteiger partial charge in [0.05, 0.1) is 12.3 Å². The van der Waals surface area contributed by atoms with Crippen molar-refractivity contribution in [2.45, 2.75) is 52.9 Å². The first-order valence-electron chi connectivity index (χ1n) is 8.42. The average molecular weight is 306 g/mol. The molecule has 1 aromatic carbocycles. The molecule has 0 bridgehead atoms. The minimum Gasteiger partial charge on any atom is -0.492 e. The molecule has 0 aliphatic carbocycles. The second kappa shape index (κ2) is 10.2. The zero-order chi connectivity index (χ0) is 16.4. The van der Waals surface area contributed by atoms with E-state index in [-0.39, 0.29) is 11.8 Å². The second-order valence-corrected chi connectivity index (χ2v) is 5.51. The lowest BCUT2D eigenvalue weighted by atomic mass is 10.0. The van der Waals surface area contributed by atoms with E-state index in [1.165, 1.54) is 5.56 Å². The van der Waals surface area contributed by atoms with Gasteiger partial charge in [0.2, 0.25) is 5.91 Å². The molecule has 0 atom stereocenters. The van der Waals surface area contributed by atoms with Crippen LogP contribution in [0.1, 0.15) is 52.0 Å². The van der Waals surface area contributed by atoms with Crippen LogP contribution in [0.4, 0.5) is 5.69 Å². The van der Waals surface area contributed by atoms with Crippen LogP contribution in [-0.4, -0.2) is 19.1 Å². The number of nitrogens with two attached hydrogens (primary N) is 1. The highest BCUT2D eigenvalue weighted by atomic mass is 16.5. The third kappa shape index (κ3) is 5.68. The topological polar surface area (TPSA) is 64.3 Å². The highest BCUT2D eigenvalue weighted by Gasteiger charge is 2.16. The number of anilines is 1. The van der Waals surface area contributed by atoms with Crippen LogP contribution in [0.5, 0.6) is 5.75 Å². The van der Waals surface area contributed by atoms with Crippen molar-refractivity contribution in [3.63, 3.8) is 0 Å². The van der Waals surface area contributed by atoms with Crippen LogP contribution in [0.3, 0.4) is 0 Å². The lowest BCUT2D eigenvalue weighted by Crippen LogP contribution is -2.22. The third-order valence-electron chi connectivity index (χ3n) is 3.88. The predicted octanol–water partition coefficient (Wildman–Crippen LogP) is 3.74. The third-order valence-corrected chi connectivity index (χ3v) is 3.88. The van der Waals surface area contributed by atoms with E-state index < -0.39 is 0 Å². The minimum absolute atomic E-state index is 0.0544. The lowest BCUT2D eigenvalue weighted by Gasteiger charge is -2.16. The molecule has 0 fully saturated rings. The summed E-state index contributed by atoms with van der Waals surface area (Å²) < 4.78 is 5.69. The Kier molecular flexibility index (Phi) is 8.60. The van der Waals surface area contributed by atoms with Gasteiger partial charge in [-0.2, -0.15) is 0 Å². The normalized spacial score (nSPS) is 10.8. The molecular formula is C18H30N2O2. The summed E-state index contributed by atoms with van der Waals surface area (Å²) in [6.07, 6.45) is 4.78. The van der Waals surface area contributed by atoms with Crippen LogP contribution in [0.25, 0.3) is 0 Å². The molecule has 0 unspecified atom stereocenters. The molecule has 0 saturated carbocycles. The van der Waals surface area contributed by atoms with Crippen molar-refractivity contribution in [2.75, 3.05) is 18.5 Å². The molecule has 124 valence electrons. The number of ether oxygens (including phenoxy) is 1. The first-order valence-corrected chi connectivity index (χ1v) is 8.42. The summed E-state index contributed by atoms with van der Waals surface area (Å²) in [6, 6.07) is 6.03. The molecule has 4 heteroatoms. The number of carbonyl (C=O) groups excluding carboxylic acids is 1. The Balaban J connectivity index is 2.82. The number of hydrogen-bond donors (Lipinski definition) is 2. The van der Waals surface area contributed by atoms with Gasteiger partial charge in [0.15, 0.2) is 0 Å². The SMILES string of the molecule is CCOc1cc(CCCCN)ccc1NC(=O)C(CC)CC. The first-order chi connectivity index (χ1) is 10.7. The molecule has 0 aromatic heterocycles. The Bertz CT molecular complexity index is 456. The van der Waals surface area contributed by atoms with Gasteiger partial charge in [-0.3, -0.25) is 4.79 Å². The van der Waals surface area contributed by atoms with Crippen molar-refractivity contribution in [1.82, 2.24) is 0 Å². The van der Waals surface area contributed by atoms with E-state index in [9.17, 15) is 4.79 Å². The zero-order valence-electron chi connectivity index (χ0n) is 14.2. The lowest BCUT2D eigenvalue weighted by molar-refractivity contribution is -0.120. The number of benzene rings is 1. The Labute approximate surface area is 134 Å². The van der Waals surface area contributed by atoms with Gasteiger partial charge in [-0.15, -0.1) is 0 Å². The largest absolute Gasteiger partial charge is 0.492 e. The van der Waals surface area contributed by atoms with Gasteiger partial charge in [0, 0.05) is 5.92 Å². The van der Waals surface area contributed by atoms with Gasteiger partial charge in [-0.05, 0) is 63.3 Å². The number of carbonyl (C=O) groups is 1. The molecule has 0 heterocycles. The second-order valence-electron chi connectivity index (χ2n) is 5.51. The summed E-state index contributed by atoms with van der Waals surface area (Å²) in [5, 5.41) is 3.01. The quantitative estimate of drug-likeness (QED) is 0.647. The molecule has 0 spiro atoms. The summed E-state index contributed by atoms with van der Waals surface area (Å²) in [6.45, 7) is 7.34. The molecular weight excluding hydrogens is 276 g/mol. The van der Waals surface area contributed by atoms with Crippen molar-refractivity contribution in [3.8, 4) is 5.75 Å². The summed E-state index contributed by atoms with van der Waals surface area (Å²) in [5.41, 5.74) is 7.52. The van der Waals surface area contributed by atoms with Crippen molar-refractivity contribution in [1.29, 1.82) is 0 Å². The molecule has 0 aliphatic heterocycles. The zero-order valence-corrected chi connectivity index (χ0v) is 14.2. The smallest absolute Gasteiger partial charge is 0.227 e. The Morgan fingerprint density at radius 3 is 2.55 bits per heavy atom. The Hall–Kier alpha value is -1.55. The summed E-state index contributed by atoms with van der Waals surface area (Å²) in [5.74, 6) is 0.882. The first kappa shape index (κ1) is 18.5. The van der Waals surface area contributed by atoms with E-state index in [0.717, 1.165) is 50.1 Å². The van der Waals surface area contributed by atoms with E-state index in [0.29, 0.717) is 6.61 Å². The molecule has 0 radical (unpaired) electrons. The maximum atomic E-state index is 12.2. The summed E-state index contributed by atoms with van der Waals surface area (Å²) >= 11 is 0. The van der Waals surface area contributed by atoms with E-state index in [1.54, 1.807) is 0 Å². The highest BCUT2D eigenvalue weighted by Crippen LogP contribution is 2.27. The van der Waals surface area contributed by atoms with Crippen LogP contribution in [-0.2, 0) is 11.2 Å². The van der Waals surface area contributed by atoms with Crippen LogP contribution in [0, 0.1) is 5.92 Å². The maximum absolute atomic E-state index is 12.2. The Morgan fingerprint density at radius 1 is 1.23 bits per heavy atom. The molecule has 0 aliphatic rings. The van der Waals surface area contributed by atoms with Crippen molar-refractivity contribution < 1.29 is 9.53 Å². The van der Waals surface area contributed by atoms with Gasteiger partial charge in [-0.25, -0.2) is 0 Å². The average Bonchev–Trinajstić information content (AvgIpc) is 2.51. The molecule has 3 N–H and O–H groups in total. The van der Waals surface area contributed by atoms with E-state index in [4.69, 9.17) is 10.5 Å². The summed E-state index contributed by atoms with van der Waals surface area (Å²) in [4.78, 5) is 12.2. The number of hydrogen-bond acceptors (Lipinski definition) is 3. The number of aryl methyl sites for hydroxylation is 1. The van der Waals surface area contributed by atoms with Crippen molar-refractivity contribution >= 4 is 11.6 Å². The highest BCUT2D eigenvalue weighted by molar-refractivity contribution is 5.93. The Morgan fingerprint density at radius 2 is 1.95 bits per heavy atom. The van der Waals surface area contributed by atoms with Crippen LogP contribution in [0.15, 0.2) is 18.2 Å². The van der Waals surface area contributed by atoms with Gasteiger partial charge >= 0.3 is 0 Å². The number of nitrogens with one attached hydrogen (secondary N) is 1. The van der Waals surface area contributed by atoms with Gasteiger partial charge in [-0.1, -0.05) is 19.9 Å². The van der Waals surface area contributed by atoms with Crippen LogP contribution >= 0.6 is 0 Å². The molecule has 22 heavy (non-hydrogen) atoms. The summed E-state index contributed by atoms with van der Waals surface area (Å²) in [7, 11) is 0. The van der Waals surface area contributed by atoms with E-state index in [2.05, 4.69) is 11.4 Å². The molecule has 1 amide bonds. The predicted molar refractivity (Wildman–Crippen MR) is 92.3 cm³/mol. The fourth-order valence-corrected chi connectivity index (χ4v) is 2.47. The fraction of sp³-hybridized carbons (Fsp3) is 0.611. The van der Waals surface area contributed by atoms with Crippen LogP contribution in [0.2, 0.25) is 0 Å². The monoisotopic (exact) mass is 306 g/mol. The van der Waals surface area contributed by atoms with Gasteiger partial charge in [0.25, 0.3) is 0 Å². The number of unbranched alkanes of at least 4 members (excludes halogenated alkanes) is 1. The van der Waals surface area contributed by atoms with Crippen molar-refractivity contribution in [2.24, 2.45) is 11.7 Å². The van der Waals surface area contributed by atoms with Gasteiger partial charge in [0.1, 0.15) is 5.75 Å². The standard InChI is InChI=1S/C18H30N2O2/c1-4-15(5-2)18(21)20-16-11-10-14(9-7-8-12-19)13-17(16)22-6-3/h10-11,13,15H,4-9,12,19H2,1-3H3,(H,20,21).